The summed E-state index contributed by atoms with van der Waals surface area (Å²) in [6.45, 7) is 1.54. The normalized spacial score (nSPS) is 13.5. The number of hydrogen-bond donors (Lipinski definition) is 0. The van der Waals surface area contributed by atoms with Gasteiger partial charge in [-0.15, -0.1) is 0 Å². The summed E-state index contributed by atoms with van der Waals surface area (Å²) in [7, 11) is 1.86. The van der Waals surface area contributed by atoms with E-state index in [0.717, 1.165) is 10.9 Å². The minimum absolute atomic E-state index is 0.714. The molecular weight excluding hydrogens is 167 g/mol. The maximum absolute atomic E-state index is 13.1. The number of aryl methyl sites for hydroxylation is 1. The third-order valence-corrected chi connectivity index (χ3v) is 2.25. The topological polar surface area (TPSA) is 17.8 Å². The highest BCUT2D eigenvalue weighted by molar-refractivity contribution is 5.82. The Balaban J connectivity index is 2.77. The number of fused-ring (bicyclic) bond motifs is 1. The van der Waals surface area contributed by atoms with E-state index in [1.54, 1.807) is 23.9 Å². The van der Waals surface area contributed by atoms with Crippen molar-refractivity contribution in [1.29, 1.82) is 0 Å². The van der Waals surface area contributed by atoms with Gasteiger partial charge < -0.3 is 0 Å². The van der Waals surface area contributed by atoms with Crippen molar-refractivity contribution < 1.29 is 4.39 Å². The van der Waals surface area contributed by atoms with Gasteiger partial charge in [0.05, 0.1) is 11.7 Å². The molecular formula is C10H11FN2. The van der Waals surface area contributed by atoms with Crippen LogP contribution in [0.5, 0.6) is 0 Å². The Hall–Kier alpha value is -1.38. The average molecular weight is 178 g/mol. The molecule has 1 unspecified atom stereocenters. The van der Waals surface area contributed by atoms with E-state index in [1.165, 1.54) is 0 Å². The Bertz CT molecular complexity index is 431. The molecule has 3 heteroatoms. The lowest BCUT2D eigenvalue weighted by Gasteiger charge is -2.03. The highest BCUT2D eigenvalue weighted by Crippen LogP contribution is 2.25. The van der Waals surface area contributed by atoms with Crippen molar-refractivity contribution in [2.75, 3.05) is 0 Å². The zero-order valence-corrected chi connectivity index (χ0v) is 7.66. The van der Waals surface area contributed by atoms with Crippen LogP contribution in [0, 0.1) is 0 Å². The summed E-state index contributed by atoms with van der Waals surface area (Å²) in [4.78, 5) is 0. The molecule has 68 valence electrons. The van der Waals surface area contributed by atoms with Crippen LogP contribution < -0.4 is 0 Å². The lowest BCUT2D eigenvalue weighted by molar-refractivity contribution is 0.376. The van der Waals surface area contributed by atoms with Crippen LogP contribution in [-0.2, 0) is 7.05 Å². The van der Waals surface area contributed by atoms with E-state index in [1.807, 2.05) is 19.2 Å². The Labute approximate surface area is 76.0 Å². The first-order valence-electron chi connectivity index (χ1n) is 4.25. The molecule has 0 spiro atoms. The van der Waals surface area contributed by atoms with Gasteiger partial charge in [-0.3, -0.25) is 4.68 Å². The fourth-order valence-corrected chi connectivity index (χ4v) is 1.55. The summed E-state index contributed by atoms with van der Waals surface area (Å²) >= 11 is 0. The molecule has 0 saturated carbocycles. The van der Waals surface area contributed by atoms with Gasteiger partial charge in [-0.2, -0.15) is 5.10 Å². The minimum Gasteiger partial charge on any atom is -0.268 e. The third-order valence-electron chi connectivity index (χ3n) is 2.25. The summed E-state index contributed by atoms with van der Waals surface area (Å²) in [5, 5.41) is 4.99. The predicted octanol–water partition coefficient (Wildman–Crippen LogP) is 2.60. The molecule has 2 nitrogen and oxygen atoms in total. The highest BCUT2D eigenvalue weighted by Gasteiger charge is 2.09. The molecule has 1 atom stereocenters. The van der Waals surface area contributed by atoms with Crippen LogP contribution in [-0.4, -0.2) is 9.78 Å². The largest absolute Gasteiger partial charge is 0.268 e. The smallest absolute Gasteiger partial charge is 0.123 e. The maximum atomic E-state index is 13.1. The number of hydrogen-bond acceptors (Lipinski definition) is 1. The van der Waals surface area contributed by atoms with Gasteiger partial charge in [-0.1, -0.05) is 12.1 Å². The van der Waals surface area contributed by atoms with Gasteiger partial charge in [0.25, 0.3) is 0 Å². The first kappa shape index (κ1) is 8.23. The number of alkyl halides is 1. The molecule has 0 aliphatic carbocycles. The maximum Gasteiger partial charge on any atom is 0.123 e. The Morgan fingerprint density at radius 1 is 1.46 bits per heavy atom. The van der Waals surface area contributed by atoms with Crippen molar-refractivity contribution in [2.45, 2.75) is 13.1 Å². The molecule has 0 aliphatic heterocycles. The Morgan fingerprint density at radius 3 is 2.92 bits per heavy atom. The molecule has 13 heavy (non-hydrogen) atoms. The molecule has 0 bridgehead atoms. The summed E-state index contributed by atoms with van der Waals surface area (Å²) < 4.78 is 14.9. The number of aromatic nitrogens is 2. The first-order valence-corrected chi connectivity index (χ1v) is 4.25. The van der Waals surface area contributed by atoms with E-state index < -0.39 is 6.17 Å². The van der Waals surface area contributed by atoms with Gasteiger partial charge in [0.2, 0.25) is 0 Å². The van der Waals surface area contributed by atoms with Crippen LogP contribution in [0.15, 0.2) is 24.4 Å². The number of rotatable bonds is 1. The second-order valence-corrected chi connectivity index (χ2v) is 3.16. The van der Waals surface area contributed by atoms with Crippen LogP contribution in [0.1, 0.15) is 18.7 Å². The van der Waals surface area contributed by atoms with Crippen molar-refractivity contribution in [3.05, 3.63) is 30.0 Å². The summed E-state index contributed by atoms with van der Waals surface area (Å²) in [6.07, 6.45) is 0.772. The molecule has 0 aliphatic rings. The van der Waals surface area contributed by atoms with E-state index in [4.69, 9.17) is 0 Å². The average Bonchev–Trinajstić information content (AvgIpc) is 2.48. The molecule has 1 heterocycles. The monoisotopic (exact) mass is 178 g/mol. The van der Waals surface area contributed by atoms with Gasteiger partial charge in [-0.05, 0) is 18.6 Å². The Kier molecular flexibility index (Phi) is 1.79. The molecule has 0 radical (unpaired) electrons. The second kappa shape index (κ2) is 2.83. The van der Waals surface area contributed by atoms with E-state index in [2.05, 4.69) is 5.10 Å². The number of nitrogens with zero attached hydrogens (tertiary/aromatic N) is 2. The predicted molar refractivity (Wildman–Crippen MR) is 50.2 cm³/mol. The van der Waals surface area contributed by atoms with Gasteiger partial charge >= 0.3 is 0 Å². The molecule has 0 N–H and O–H groups in total. The van der Waals surface area contributed by atoms with Crippen molar-refractivity contribution in [1.82, 2.24) is 9.78 Å². The van der Waals surface area contributed by atoms with Crippen LogP contribution in [0.4, 0.5) is 4.39 Å². The quantitative estimate of drug-likeness (QED) is 0.656. The minimum atomic E-state index is -0.937. The molecule has 1 aromatic carbocycles. The fourth-order valence-electron chi connectivity index (χ4n) is 1.55. The van der Waals surface area contributed by atoms with E-state index >= 15 is 0 Å². The zero-order valence-electron chi connectivity index (χ0n) is 7.66. The Morgan fingerprint density at radius 2 is 2.23 bits per heavy atom. The van der Waals surface area contributed by atoms with Gasteiger partial charge in [0.15, 0.2) is 0 Å². The van der Waals surface area contributed by atoms with Crippen LogP contribution in [0.25, 0.3) is 10.9 Å². The molecule has 2 rings (SSSR count). The van der Waals surface area contributed by atoms with Crippen LogP contribution >= 0.6 is 0 Å². The van der Waals surface area contributed by atoms with Crippen molar-refractivity contribution in [3.8, 4) is 0 Å². The summed E-state index contributed by atoms with van der Waals surface area (Å²) in [5.74, 6) is 0. The fraction of sp³-hybridized carbons (Fsp3) is 0.300. The van der Waals surface area contributed by atoms with Crippen molar-refractivity contribution in [3.63, 3.8) is 0 Å². The number of benzene rings is 1. The molecule has 1 aromatic heterocycles. The molecule has 0 saturated heterocycles. The third kappa shape index (κ3) is 1.20. The summed E-state index contributed by atoms with van der Waals surface area (Å²) in [6, 6.07) is 5.60. The lowest BCUT2D eigenvalue weighted by atomic mass is 10.1. The van der Waals surface area contributed by atoms with Gasteiger partial charge in [0, 0.05) is 12.4 Å². The number of halogens is 1. The van der Waals surface area contributed by atoms with Crippen LogP contribution in [0.2, 0.25) is 0 Å². The van der Waals surface area contributed by atoms with Gasteiger partial charge in [-0.25, -0.2) is 4.39 Å². The second-order valence-electron chi connectivity index (χ2n) is 3.16. The molecule has 2 aromatic rings. The van der Waals surface area contributed by atoms with Crippen molar-refractivity contribution in [2.24, 2.45) is 7.05 Å². The zero-order chi connectivity index (χ0) is 9.42. The summed E-state index contributed by atoms with van der Waals surface area (Å²) in [5.41, 5.74) is 1.69. The first-order chi connectivity index (χ1) is 6.20. The van der Waals surface area contributed by atoms with E-state index in [0.29, 0.717) is 5.56 Å². The lowest BCUT2D eigenvalue weighted by Crippen LogP contribution is -1.90. The standard InChI is InChI=1S/C10H11FN2/c1-7(11)8-4-3-5-10-9(8)6-12-13(10)2/h3-7H,1-2H3. The van der Waals surface area contributed by atoms with Crippen molar-refractivity contribution >= 4 is 10.9 Å². The van der Waals surface area contributed by atoms with E-state index in [9.17, 15) is 4.39 Å². The molecule has 0 amide bonds. The highest BCUT2D eigenvalue weighted by atomic mass is 19.1. The van der Waals surface area contributed by atoms with Crippen LogP contribution in [0.3, 0.4) is 0 Å². The van der Waals surface area contributed by atoms with Gasteiger partial charge in [0.1, 0.15) is 6.17 Å². The SMILES string of the molecule is CC(F)c1cccc2c1cnn2C. The van der Waals surface area contributed by atoms with E-state index in [-0.39, 0.29) is 0 Å². The molecule has 0 fully saturated rings.